The lowest BCUT2D eigenvalue weighted by Crippen LogP contribution is -2.49. The molecular formula is C25H34N2O4. The summed E-state index contributed by atoms with van der Waals surface area (Å²) < 4.78 is 11.2. The Balaban J connectivity index is 2.24. The monoisotopic (exact) mass is 426 g/mol. The molecule has 2 rings (SSSR count). The lowest BCUT2D eigenvalue weighted by molar-refractivity contribution is -0.142. The van der Waals surface area contributed by atoms with Gasteiger partial charge in [-0.05, 0) is 41.2 Å². The third-order valence-corrected chi connectivity index (χ3v) is 5.19. The first-order valence-electron chi connectivity index (χ1n) is 10.6. The number of methoxy groups -OCH3 is 1. The lowest BCUT2D eigenvalue weighted by Gasteiger charge is -2.30. The minimum atomic E-state index is -0.582. The van der Waals surface area contributed by atoms with E-state index in [0.717, 1.165) is 16.9 Å². The van der Waals surface area contributed by atoms with E-state index >= 15 is 0 Å². The number of carbonyl (C=O) groups excluding carboxylic acids is 2. The number of hydrogen-bond acceptors (Lipinski definition) is 4. The second-order valence-corrected chi connectivity index (χ2v) is 8.44. The molecule has 1 atom stereocenters. The summed E-state index contributed by atoms with van der Waals surface area (Å²) in [6.07, 6.45) is 0.500. The molecule has 2 amide bonds. The Hall–Kier alpha value is -3.02. The molecule has 0 bridgehead atoms. The third kappa shape index (κ3) is 6.48. The van der Waals surface area contributed by atoms with Crippen LogP contribution in [0.15, 0.2) is 48.5 Å². The molecule has 6 nitrogen and oxygen atoms in total. The van der Waals surface area contributed by atoms with Gasteiger partial charge in [0.25, 0.3) is 5.91 Å². The van der Waals surface area contributed by atoms with Crippen molar-refractivity contribution in [1.29, 1.82) is 0 Å². The SMILES string of the molecule is CC[C@@H](C(=O)NC)N(Cc1ccc(OC)cc1)C(=O)COc1ccccc1C(C)(C)C. The van der Waals surface area contributed by atoms with Crippen molar-refractivity contribution in [3.05, 3.63) is 59.7 Å². The van der Waals surface area contributed by atoms with Crippen molar-refractivity contribution in [3.8, 4) is 11.5 Å². The van der Waals surface area contributed by atoms with Gasteiger partial charge < -0.3 is 19.7 Å². The molecule has 0 aliphatic heterocycles. The van der Waals surface area contributed by atoms with Gasteiger partial charge in [-0.1, -0.05) is 58.0 Å². The fourth-order valence-corrected chi connectivity index (χ4v) is 3.45. The average Bonchev–Trinajstić information content (AvgIpc) is 2.77. The van der Waals surface area contributed by atoms with E-state index in [1.54, 1.807) is 19.1 Å². The Labute approximate surface area is 185 Å². The maximum atomic E-state index is 13.2. The highest BCUT2D eigenvalue weighted by molar-refractivity contribution is 5.88. The number of hydrogen-bond donors (Lipinski definition) is 1. The van der Waals surface area contributed by atoms with Gasteiger partial charge in [0.05, 0.1) is 7.11 Å². The van der Waals surface area contributed by atoms with Gasteiger partial charge in [-0.15, -0.1) is 0 Å². The fraction of sp³-hybridized carbons (Fsp3) is 0.440. The highest BCUT2D eigenvalue weighted by Gasteiger charge is 2.29. The van der Waals surface area contributed by atoms with Crippen LogP contribution in [0, 0.1) is 0 Å². The zero-order chi connectivity index (χ0) is 23.0. The van der Waals surface area contributed by atoms with Gasteiger partial charge in [0, 0.05) is 13.6 Å². The van der Waals surface area contributed by atoms with Crippen molar-refractivity contribution in [1.82, 2.24) is 10.2 Å². The summed E-state index contributed by atoms with van der Waals surface area (Å²) in [5.41, 5.74) is 1.82. The van der Waals surface area contributed by atoms with E-state index in [1.807, 2.05) is 55.5 Å². The topological polar surface area (TPSA) is 67.9 Å². The van der Waals surface area contributed by atoms with Crippen LogP contribution in [0.4, 0.5) is 0 Å². The van der Waals surface area contributed by atoms with Crippen LogP contribution in [-0.2, 0) is 21.5 Å². The van der Waals surface area contributed by atoms with E-state index in [9.17, 15) is 9.59 Å². The summed E-state index contributed by atoms with van der Waals surface area (Å²) in [4.78, 5) is 27.3. The van der Waals surface area contributed by atoms with E-state index < -0.39 is 6.04 Å². The molecule has 1 N–H and O–H groups in total. The number of carbonyl (C=O) groups is 2. The molecule has 0 heterocycles. The highest BCUT2D eigenvalue weighted by atomic mass is 16.5. The first-order valence-corrected chi connectivity index (χ1v) is 10.6. The number of ether oxygens (including phenoxy) is 2. The normalized spacial score (nSPS) is 12.1. The van der Waals surface area contributed by atoms with Crippen molar-refractivity contribution in [2.45, 2.75) is 52.1 Å². The Bertz CT molecular complexity index is 872. The molecule has 0 aliphatic rings. The van der Waals surface area contributed by atoms with Gasteiger partial charge in [-0.3, -0.25) is 9.59 Å². The summed E-state index contributed by atoms with van der Waals surface area (Å²) >= 11 is 0. The Morgan fingerprint density at radius 2 is 1.71 bits per heavy atom. The molecule has 0 saturated heterocycles. The zero-order valence-corrected chi connectivity index (χ0v) is 19.4. The Morgan fingerprint density at radius 1 is 1.06 bits per heavy atom. The number of likely N-dealkylation sites (N-methyl/N-ethyl adjacent to an activating group) is 1. The predicted molar refractivity (Wildman–Crippen MR) is 122 cm³/mol. The number of amides is 2. The van der Waals surface area contributed by atoms with E-state index in [4.69, 9.17) is 9.47 Å². The molecule has 0 unspecified atom stereocenters. The van der Waals surface area contributed by atoms with Crippen molar-refractivity contribution in [2.75, 3.05) is 20.8 Å². The van der Waals surface area contributed by atoms with Gasteiger partial charge in [0.15, 0.2) is 6.61 Å². The first kappa shape index (κ1) is 24.3. The average molecular weight is 427 g/mol. The minimum absolute atomic E-state index is 0.115. The second-order valence-electron chi connectivity index (χ2n) is 8.44. The van der Waals surface area contributed by atoms with Gasteiger partial charge in [-0.25, -0.2) is 0 Å². The number of nitrogens with zero attached hydrogens (tertiary/aromatic N) is 1. The molecule has 0 saturated carbocycles. The van der Waals surface area contributed by atoms with Gasteiger partial charge in [0.1, 0.15) is 17.5 Å². The van der Waals surface area contributed by atoms with Crippen LogP contribution in [0.1, 0.15) is 45.2 Å². The van der Waals surface area contributed by atoms with Gasteiger partial charge in [-0.2, -0.15) is 0 Å². The van der Waals surface area contributed by atoms with Crippen molar-refractivity contribution in [2.24, 2.45) is 0 Å². The number of nitrogens with one attached hydrogen (secondary N) is 1. The van der Waals surface area contributed by atoms with Crippen molar-refractivity contribution < 1.29 is 19.1 Å². The second kappa shape index (κ2) is 10.8. The molecule has 2 aromatic carbocycles. The molecule has 31 heavy (non-hydrogen) atoms. The predicted octanol–water partition coefficient (Wildman–Crippen LogP) is 3.92. The van der Waals surface area contributed by atoms with Gasteiger partial charge in [0.2, 0.25) is 5.91 Å². The number of benzene rings is 2. The zero-order valence-electron chi connectivity index (χ0n) is 19.4. The van der Waals surface area contributed by atoms with Gasteiger partial charge >= 0.3 is 0 Å². The van der Waals surface area contributed by atoms with Crippen LogP contribution >= 0.6 is 0 Å². The summed E-state index contributed by atoms with van der Waals surface area (Å²) in [7, 11) is 3.19. The molecule has 0 radical (unpaired) electrons. The number of para-hydroxylation sites is 1. The third-order valence-electron chi connectivity index (χ3n) is 5.19. The quantitative estimate of drug-likeness (QED) is 0.660. The number of rotatable bonds is 9. The van der Waals surface area contributed by atoms with E-state index in [0.29, 0.717) is 18.7 Å². The van der Waals surface area contributed by atoms with E-state index in [2.05, 4.69) is 26.1 Å². The molecule has 6 heteroatoms. The van der Waals surface area contributed by atoms with E-state index in [1.165, 1.54) is 0 Å². The summed E-state index contributed by atoms with van der Waals surface area (Å²) in [6.45, 7) is 8.36. The summed E-state index contributed by atoms with van der Waals surface area (Å²) in [5.74, 6) is 0.984. The largest absolute Gasteiger partial charge is 0.497 e. The molecule has 0 spiro atoms. The molecule has 2 aromatic rings. The standard InChI is InChI=1S/C25H34N2O4/c1-7-21(24(29)26-5)27(16-18-12-14-19(30-6)15-13-18)23(28)17-31-22-11-9-8-10-20(22)25(2,3)4/h8-15,21H,7,16-17H2,1-6H3,(H,26,29)/t21-/m0/s1. The molecule has 0 aromatic heterocycles. The highest BCUT2D eigenvalue weighted by Crippen LogP contribution is 2.31. The van der Waals surface area contributed by atoms with Crippen LogP contribution in [0.3, 0.4) is 0 Å². The van der Waals surface area contributed by atoms with Crippen molar-refractivity contribution in [3.63, 3.8) is 0 Å². The molecule has 0 fully saturated rings. The van der Waals surface area contributed by atoms with Crippen molar-refractivity contribution >= 4 is 11.8 Å². The maximum absolute atomic E-state index is 13.2. The summed E-state index contributed by atoms with van der Waals surface area (Å²) in [5, 5.41) is 2.66. The van der Waals surface area contributed by atoms with Crippen LogP contribution in [-0.4, -0.2) is 43.5 Å². The maximum Gasteiger partial charge on any atom is 0.261 e. The minimum Gasteiger partial charge on any atom is -0.497 e. The smallest absolute Gasteiger partial charge is 0.261 e. The Kier molecular flexibility index (Phi) is 8.48. The van der Waals surface area contributed by atoms with Crippen LogP contribution < -0.4 is 14.8 Å². The van der Waals surface area contributed by atoms with Crippen LogP contribution in [0.2, 0.25) is 0 Å². The molecule has 168 valence electrons. The van der Waals surface area contributed by atoms with E-state index in [-0.39, 0.29) is 23.8 Å². The fourth-order valence-electron chi connectivity index (χ4n) is 3.45. The lowest BCUT2D eigenvalue weighted by atomic mass is 9.86. The van der Waals surface area contributed by atoms with Crippen LogP contribution in [0.5, 0.6) is 11.5 Å². The molecular weight excluding hydrogens is 392 g/mol. The first-order chi connectivity index (χ1) is 14.7. The molecule has 0 aliphatic carbocycles. The Morgan fingerprint density at radius 3 is 2.26 bits per heavy atom. The summed E-state index contributed by atoms with van der Waals surface area (Å²) in [6, 6.07) is 14.6. The van der Waals surface area contributed by atoms with Crippen LogP contribution in [0.25, 0.3) is 0 Å².